The van der Waals surface area contributed by atoms with Gasteiger partial charge < -0.3 is 9.84 Å². The maximum Gasteiger partial charge on any atom is 0.414 e. The highest BCUT2D eigenvalue weighted by Gasteiger charge is 2.27. The summed E-state index contributed by atoms with van der Waals surface area (Å²) < 4.78 is 6.03. The Kier molecular flexibility index (Phi) is 4.02. The van der Waals surface area contributed by atoms with E-state index in [4.69, 9.17) is 9.84 Å². The number of ether oxygens (including phenoxy) is 1. The molecule has 1 fully saturated rings. The molecule has 2 rings (SSSR count). The minimum absolute atomic E-state index is 0.120. The molecule has 1 aliphatic rings. The SMILES string of the molecule is O=C1OCC(CCO)CN1c1cccc(Br)c1. The van der Waals surface area contributed by atoms with Crippen LogP contribution in [0.2, 0.25) is 0 Å². The van der Waals surface area contributed by atoms with Gasteiger partial charge in [-0.15, -0.1) is 0 Å². The van der Waals surface area contributed by atoms with Crippen molar-refractivity contribution in [3.05, 3.63) is 28.7 Å². The fourth-order valence-corrected chi connectivity index (χ4v) is 2.25. The fraction of sp³-hybridized carbons (Fsp3) is 0.417. The largest absolute Gasteiger partial charge is 0.449 e. The van der Waals surface area contributed by atoms with Crippen molar-refractivity contribution in [1.29, 1.82) is 0 Å². The summed E-state index contributed by atoms with van der Waals surface area (Å²) >= 11 is 3.38. The van der Waals surface area contributed by atoms with Crippen molar-refractivity contribution >= 4 is 27.7 Å². The van der Waals surface area contributed by atoms with E-state index in [9.17, 15) is 4.79 Å². The molecule has 0 saturated carbocycles. The second-order valence-corrected chi connectivity index (χ2v) is 4.96. The lowest BCUT2D eigenvalue weighted by molar-refractivity contribution is 0.104. The number of carbonyl (C=O) groups excluding carboxylic acids is 1. The summed E-state index contributed by atoms with van der Waals surface area (Å²) in [6.07, 6.45) is 0.329. The number of hydrogen-bond acceptors (Lipinski definition) is 3. The van der Waals surface area contributed by atoms with Crippen molar-refractivity contribution in [2.45, 2.75) is 6.42 Å². The summed E-state index contributed by atoms with van der Waals surface area (Å²) in [6, 6.07) is 7.53. The lowest BCUT2D eigenvalue weighted by atomic mass is 10.1. The highest BCUT2D eigenvalue weighted by Crippen LogP contribution is 2.24. The second-order valence-electron chi connectivity index (χ2n) is 4.05. The molecule has 17 heavy (non-hydrogen) atoms. The van der Waals surface area contributed by atoms with E-state index in [1.54, 1.807) is 4.90 Å². The molecule has 5 heteroatoms. The first-order valence-corrected chi connectivity index (χ1v) is 6.30. The van der Waals surface area contributed by atoms with Gasteiger partial charge >= 0.3 is 6.09 Å². The number of rotatable bonds is 3. The third-order valence-electron chi connectivity index (χ3n) is 2.76. The first kappa shape index (κ1) is 12.4. The van der Waals surface area contributed by atoms with Crippen LogP contribution in [0, 0.1) is 5.92 Å². The zero-order valence-electron chi connectivity index (χ0n) is 9.30. The van der Waals surface area contributed by atoms with Crippen LogP contribution >= 0.6 is 15.9 Å². The molecule has 0 radical (unpaired) electrons. The highest BCUT2D eigenvalue weighted by molar-refractivity contribution is 9.10. The van der Waals surface area contributed by atoms with Gasteiger partial charge in [-0.1, -0.05) is 22.0 Å². The maximum atomic E-state index is 11.7. The van der Waals surface area contributed by atoms with Crippen LogP contribution in [0.15, 0.2) is 28.7 Å². The van der Waals surface area contributed by atoms with Crippen LogP contribution in [-0.4, -0.2) is 31.0 Å². The normalized spacial score (nSPS) is 20.2. The van der Waals surface area contributed by atoms with Gasteiger partial charge in [0.2, 0.25) is 0 Å². The summed E-state index contributed by atoms with van der Waals surface area (Å²) in [5.74, 6) is 0.191. The Morgan fingerprint density at radius 3 is 3.06 bits per heavy atom. The molecule has 1 aliphatic heterocycles. The van der Waals surface area contributed by atoms with Crippen LogP contribution in [0.4, 0.5) is 10.5 Å². The molecule has 0 aliphatic carbocycles. The van der Waals surface area contributed by atoms with E-state index in [2.05, 4.69) is 15.9 Å². The number of carbonyl (C=O) groups is 1. The average Bonchev–Trinajstić information content (AvgIpc) is 2.32. The van der Waals surface area contributed by atoms with Gasteiger partial charge in [0.05, 0.1) is 6.61 Å². The topological polar surface area (TPSA) is 49.8 Å². The van der Waals surface area contributed by atoms with Gasteiger partial charge in [-0.2, -0.15) is 0 Å². The molecule has 0 spiro atoms. The van der Waals surface area contributed by atoms with Crippen LogP contribution in [0.25, 0.3) is 0 Å². The van der Waals surface area contributed by atoms with Crippen LogP contribution in [-0.2, 0) is 4.74 Å². The molecule has 92 valence electrons. The maximum absolute atomic E-state index is 11.7. The molecule has 1 N–H and O–H groups in total. The molecule has 1 heterocycles. The molecule has 0 aromatic heterocycles. The minimum Gasteiger partial charge on any atom is -0.449 e. The molecular formula is C12H14BrNO3. The van der Waals surface area contributed by atoms with E-state index in [1.807, 2.05) is 24.3 Å². The predicted octanol–water partition coefficient (Wildman–Crippen LogP) is 2.40. The first-order valence-electron chi connectivity index (χ1n) is 5.51. The predicted molar refractivity (Wildman–Crippen MR) is 68.0 cm³/mol. The number of halogens is 1. The number of cyclic esters (lactones) is 1. The van der Waals surface area contributed by atoms with Crippen molar-refractivity contribution in [3.8, 4) is 0 Å². The van der Waals surface area contributed by atoms with Gasteiger partial charge in [-0.05, 0) is 24.6 Å². The van der Waals surface area contributed by atoms with Gasteiger partial charge in [0, 0.05) is 29.2 Å². The molecular weight excluding hydrogens is 286 g/mol. The Morgan fingerprint density at radius 2 is 2.35 bits per heavy atom. The Hall–Kier alpha value is -1.07. The summed E-state index contributed by atoms with van der Waals surface area (Å²) in [4.78, 5) is 13.3. The lowest BCUT2D eigenvalue weighted by Gasteiger charge is -2.32. The van der Waals surface area contributed by atoms with Crippen LogP contribution in [0.3, 0.4) is 0 Å². The Balaban J connectivity index is 2.15. The molecule has 1 aromatic carbocycles. The number of aliphatic hydroxyl groups is 1. The zero-order valence-corrected chi connectivity index (χ0v) is 10.9. The van der Waals surface area contributed by atoms with Crippen LogP contribution < -0.4 is 4.90 Å². The third kappa shape index (κ3) is 2.98. The molecule has 1 saturated heterocycles. The van der Waals surface area contributed by atoms with Gasteiger partial charge in [-0.3, -0.25) is 4.90 Å². The number of benzene rings is 1. The van der Waals surface area contributed by atoms with E-state index in [0.29, 0.717) is 19.6 Å². The summed E-state index contributed by atoms with van der Waals surface area (Å²) in [6.45, 7) is 1.11. The number of hydrogen-bond donors (Lipinski definition) is 1. The number of anilines is 1. The number of amides is 1. The second kappa shape index (κ2) is 5.51. The molecule has 1 atom stereocenters. The number of nitrogens with zero attached hydrogens (tertiary/aromatic N) is 1. The summed E-state index contributed by atoms with van der Waals surface area (Å²) in [5.41, 5.74) is 0.812. The smallest absolute Gasteiger partial charge is 0.414 e. The van der Waals surface area contributed by atoms with E-state index in [-0.39, 0.29) is 18.6 Å². The van der Waals surface area contributed by atoms with Crippen LogP contribution in [0.5, 0.6) is 0 Å². The van der Waals surface area contributed by atoms with E-state index in [0.717, 1.165) is 10.2 Å². The fourth-order valence-electron chi connectivity index (χ4n) is 1.86. The molecule has 1 amide bonds. The van der Waals surface area contributed by atoms with Gasteiger partial charge in [0.25, 0.3) is 0 Å². The van der Waals surface area contributed by atoms with Crippen molar-refractivity contribution < 1.29 is 14.6 Å². The Morgan fingerprint density at radius 1 is 1.53 bits per heavy atom. The Bertz CT molecular complexity index is 410. The molecule has 0 bridgehead atoms. The summed E-state index contributed by atoms with van der Waals surface area (Å²) in [7, 11) is 0. The lowest BCUT2D eigenvalue weighted by Crippen LogP contribution is -2.43. The molecule has 1 unspecified atom stereocenters. The number of aliphatic hydroxyl groups excluding tert-OH is 1. The molecule has 4 nitrogen and oxygen atoms in total. The van der Waals surface area contributed by atoms with Gasteiger partial charge in [0.15, 0.2) is 0 Å². The van der Waals surface area contributed by atoms with Gasteiger partial charge in [-0.25, -0.2) is 4.79 Å². The van der Waals surface area contributed by atoms with Crippen molar-refractivity contribution in [2.75, 3.05) is 24.7 Å². The van der Waals surface area contributed by atoms with E-state index in [1.165, 1.54) is 0 Å². The highest BCUT2D eigenvalue weighted by atomic mass is 79.9. The van der Waals surface area contributed by atoms with E-state index < -0.39 is 0 Å². The summed E-state index contributed by atoms with van der Waals surface area (Å²) in [5, 5.41) is 8.92. The zero-order chi connectivity index (χ0) is 12.3. The monoisotopic (exact) mass is 299 g/mol. The minimum atomic E-state index is -0.322. The Labute approximate surface area is 108 Å². The molecule has 1 aromatic rings. The average molecular weight is 300 g/mol. The van der Waals surface area contributed by atoms with Crippen molar-refractivity contribution in [1.82, 2.24) is 0 Å². The van der Waals surface area contributed by atoms with Crippen molar-refractivity contribution in [3.63, 3.8) is 0 Å². The van der Waals surface area contributed by atoms with Crippen LogP contribution in [0.1, 0.15) is 6.42 Å². The van der Waals surface area contributed by atoms with Gasteiger partial charge in [0.1, 0.15) is 0 Å². The first-order chi connectivity index (χ1) is 8.20. The van der Waals surface area contributed by atoms with Crippen molar-refractivity contribution in [2.24, 2.45) is 5.92 Å². The standard InChI is InChI=1S/C12H14BrNO3/c13-10-2-1-3-11(6-10)14-7-9(4-5-15)8-17-12(14)16/h1-3,6,9,15H,4-5,7-8H2. The van der Waals surface area contributed by atoms with E-state index >= 15 is 0 Å². The quantitative estimate of drug-likeness (QED) is 0.932. The third-order valence-corrected chi connectivity index (χ3v) is 3.25.